The highest BCUT2D eigenvalue weighted by Gasteiger charge is 2.15. The number of nitro groups is 1. The van der Waals surface area contributed by atoms with Crippen molar-refractivity contribution in [3.8, 4) is 22.8 Å². The van der Waals surface area contributed by atoms with Gasteiger partial charge in [-0.3, -0.25) is 14.7 Å². The fraction of sp³-hybridized carbons (Fsp3) is 0.176. The lowest BCUT2D eigenvalue weighted by Gasteiger charge is -2.10. The molecule has 0 atom stereocenters. The summed E-state index contributed by atoms with van der Waals surface area (Å²) in [5.74, 6) is 2.22. The zero-order valence-corrected chi connectivity index (χ0v) is 13.3. The van der Waals surface area contributed by atoms with Crippen LogP contribution in [-0.2, 0) is 6.42 Å². The summed E-state index contributed by atoms with van der Waals surface area (Å²) in [4.78, 5) is 10.4. The summed E-state index contributed by atoms with van der Waals surface area (Å²) in [5, 5.41) is 19.3. The lowest BCUT2D eigenvalue weighted by Crippen LogP contribution is -2.02. The van der Waals surface area contributed by atoms with Crippen LogP contribution in [0.5, 0.6) is 5.75 Å². The van der Waals surface area contributed by atoms with Gasteiger partial charge >= 0.3 is 0 Å². The molecule has 3 aromatic rings. The van der Waals surface area contributed by atoms with Crippen molar-refractivity contribution in [2.24, 2.45) is 0 Å². The maximum absolute atomic E-state index is 10.8. The smallest absolute Gasteiger partial charge is 0.269 e. The molecule has 0 aliphatic heterocycles. The summed E-state index contributed by atoms with van der Waals surface area (Å²) in [7, 11) is 1.62. The Morgan fingerprint density at radius 3 is 2.29 bits per heavy atom. The van der Waals surface area contributed by atoms with E-state index in [4.69, 9.17) is 4.74 Å². The Labute approximate surface area is 138 Å². The summed E-state index contributed by atoms with van der Waals surface area (Å²) in [6, 6.07) is 13.9. The second-order valence-corrected chi connectivity index (χ2v) is 5.13. The number of aryl methyl sites for hydroxylation is 1. The van der Waals surface area contributed by atoms with Crippen molar-refractivity contribution in [2.75, 3.05) is 7.11 Å². The molecule has 0 saturated heterocycles. The molecule has 7 heteroatoms. The van der Waals surface area contributed by atoms with Crippen LogP contribution >= 0.6 is 0 Å². The summed E-state index contributed by atoms with van der Waals surface area (Å²) in [5.41, 5.74) is 1.72. The fourth-order valence-electron chi connectivity index (χ4n) is 2.47. The summed E-state index contributed by atoms with van der Waals surface area (Å²) in [6.45, 7) is 2.00. The van der Waals surface area contributed by atoms with Crippen LogP contribution in [0.1, 0.15) is 12.7 Å². The van der Waals surface area contributed by atoms with E-state index in [1.165, 1.54) is 12.1 Å². The van der Waals surface area contributed by atoms with Gasteiger partial charge in [0, 0.05) is 29.8 Å². The maximum atomic E-state index is 10.8. The third-order valence-electron chi connectivity index (χ3n) is 3.71. The summed E-state index contributed by atoms with van der Waals surface area (Å²) >= 11 is 0. The lowest BCUT2D eigenvalue weighted by atomic mass is 10.2. The molecular formula is C17H16N4O3. The largest absolute Gasteiger partial charge is 0.497 e. The van der Waals surface area contributed by atoms with Gasteiger partial charge in [-0.05, 0) is 36.4 Å². The molecule has 0 fully saturated rings. The van der Waals surface area contributed by atoms with Gasteiger partial charge < -0.3 is 4.74 Å². The molecule has 0 radical (unpaired) electrons. The van der Waals surface area contributed by atoms with Crippen LogP contribution in [0.15, 0.2) is 48.5 Å². The van der Waals surface area contributed by atoms with Gasteiger partial charge in [-0.1, -0.05) is 6.92 Å². The lowest BCUT2D eigenvalue weighted by molar-refractivity contribution is -0.384. The van der Waals surface area contributed by atoms with Crippen LogP contribution < -0.4 is 4.74 Å². The van der Waals surface area contributed by atoms with Gasteiger partial charge in [-0.15, -0.1) is 10.2 Å². The molecule has 3 rings (SSSR count). The maximum Gasteiger partial charge on any atom is 0.269 e. The molecule has 122 valence electrons. The minimum Gasteiger partial charge on any atom is -0.497 e. The highest BCUT2D eigenvalue weighted by Crippen LogP contribution is 2.26. The topological polar surface area (TPSA) is 83.1 Å². The van der Waals surface area contributed by atoms with Crippen LogP contribution in [0.25, 0.3) is 17.1 Å². The summed E-state index contributed by atoms with van der Waals surface area (Å²) in [6.07, 6.45) is 0.714. The van der Waals surface area contributed by atoms with E-state index in [0.717, 1.165) is 22.8 Å². The predicted molar refractivity (Wildman–Crippen MR) is 89.4 cm³/mol. The molecule has 0 aliphatic rings. The number of benzene rings is 2. The Balaban J connectivity index is 2.08. The minimum atomic E-state index is -0.421. The number of methoxy groups -OCH3 is 1. The quantitative estimate of drug-likeness (QED) is 0.530. The summed E-state index contributed by atoms with van der Waals surface area (Å²) < 4.78 is 7.13. The van der Waals surface area contributed by atoms with Crippen molar-refractivity contribution < 1.29 is 9.66 Å². The van der Waals surface area contributed by atoms with Crippen molar-refractivity contribution >= 4 is 5.69 Å². The molecule has 1 heterocycles. The van der Waals surface area contributed by atoms with E-state index in [1.54, 1.807) is 19.2 Å². The highest BCUT2D eigenvalue weighted by molar-refractivity contribution is 5.60. The number of ether oxygens (including phenoxy) is 1. The van der Waals surface area contributed by atoms with Crippen molar-refractivity contribution in [1.82, 2.24) is 14.8 Å². The molecule has 0 spiro atoms. The SMILES string of the molecule is CCc1nnc(-c2ccc([N+](=O)[O-])cc2)n1-c1ccc(OC)cc1. The molecule has 1 aromatic heterocycles. The monoisotopic (exact) mass is 324 g/mol. The normalized spacial score (nSPS) is 10.6. The average Bonchev–Trinajstić information content (AvgIpc) is 3.06. The van der Waals surface area contributed by atoms with Crippen molar-refractivity contribution in [1.29, 1.82) is 0 Å². The number of nitrogens with zero attached hydrogens (tertiary/aromatic N) is 4. The number of aromatic nitrogens is 3. The van der Waals surface area contributed by atoms with E-state index < -0.39 is 4.92 Å². The van der Waals surface area contributed by atoms with Crippen molar-refractivity contribution in [3.05, 3.63) is 64.5 Å². The zero-order valence-electron chi connectivity index (χ0n) is 13.3. The Kier molecular flexibility index (Phi) is 4.24. The van der Waals surface area contributed by atoms with Gasteiger partial charge in [0.05, 0.1) is 12.0 Å². The van der Waals surface area contributed by atoms with E-state index in [2.05, 4.69) is 10.2 Å². The molecule has 0 aliphatic carbocycles. The predicted octanol–water partition coefficient (Wildman–Crippen LogP) is 3.41. The number of hydrogen-bond donors (Lipinski definition) is 0. The van der Waals surface area contributed by atoms with Gasteiger partial charge in [0.1, 0.15) is 11.6 Å². The standard InChI is InChI=1S/C17H16N4O3/c1-3-16-18-19-17(12-4-6-14(7-5-12)21(22)23)20(16)13-8-10-15(24-2)11-9-13/h4-11H,3H2,1-2H3. The van der Waals surface area contributed by atoms with E-state index in [1.807, 2.05) is 35.8 Å². The Hall–Kier alpha value is -3.22. The first-order valence-corrected chi connectivity index (χ1v) is 7.47. The minimum absolute atomic E-state index is 0.0463. The number of non-ortho nitro benzene ring substituents is 1. The van der Waals surface area contributed by atoms with E-state index in [-0.39, 0.29) is 5.69 Å². The van der Waals surface area contributed by atoms with Crippen LogP contribution in [-0.4, -0.2) is 26.8 Å². The first kappa shape index (κ1) is 15.7. The third-order valence-corrected chi connectivity index (χ3v) is 3.71. The molecule has 0 bridgehead atoms. The molecular weight excluding hydrogens is 308 g/mol. The van der Waals surface area contributed by atoms with Gasteiger partial charge in [-0.25, -0.2) is 0 Å². The molecule has 0 saturated carbocycles. The van der Waals surface area contributed by atoms with Crippen LogP contribution in [0.4, 0.5) is 5.69 Å². The second kappa shape index (κ2) is 6.49. The molecule has 2 aromatic carbocycles. The molecule has 0 amide bonds. The second-order valence-electron chi connectivity index (χ2n) is 5.13. The van der Waals surface area contributed by atoms with Gasteiger partial charge in [-0.2, -0.15) is 0 Å². The number of hydrogen-bond acceptors (Lipinski definition) is 5. The van der Waals surface area contributed by atoms with E-state index in [0.29, 0.717) is 12.2 Å². The Morgan fingerprint density at radius 1 is 1.08 bits per heavy atom. The first-order valence-electron chi connectivity index (χ1n) is 7.47. The highest BCUT2D eigenvalue weighted by atomic mass is 16.6. The van der Waals surface area contributed by atoms with Gasteiger partial charge in [0.2, 0.25) is 0 Å². The Bertz CT molecular complexity index is 855. The number of nitro benzene ring substituents is 1. The van der Waals surface area contributed by atoms with Gasteiger partial charge in [0.25, 0.3) is 5.69 Å². The van der Waals surface area contributed by atoms with Crippen LogP contribution in [0.2, 0.25) is 0 Å². The van der Waals surface area contributed by atoms with E-state index in [9.17, 15) is 10.1 Å². The molecule has 24 heavy (non-hydrogen) atoms. The molecule has 7 nitrogen and oxygen atoms in total. The molecule has 0 N–H and O–H groups in total. The van der Waals surface area contributed by atoms with Crippen molar-refractivity contribution in [2.45, 2.75) is 13.3 Å². The Morgan fingerprint density at radius 2 is 1.75 bits per heavy atom. The fourth-order valence-corrected chi connectivity index (χ4v) is 2.47. The first-order chi connectivity index (χ1) is 11.6. The van der Waals surface area contributed by atoms with Crippen molar-refractivity contribution in [3.63, 3.8) is 0 Å². The number of rotatable bonds is 5. The van der Waals surface area contributed by atoms with Crippen LogP contribution in [0, 0.1) is 10.1 Å². The van der Waals surface area contributed by atoms with E-state index >= 15 is 0 Å². The zero-order chi connectivity index (χ0) is 17.1. The third kappa shape index (κ3) is 2.83. The van der Waals surface area contributed by atoms with Crippen LogP contribution in [0.3, 0.4) is 0 Å². The molecule has 0 unspecified atom stereocenters. The van der Waals surface area contributed by atoms with Gasteiger partial charge in [0.15, 0.2) is 5.82 Å². The average molecular weight is 324 g/mol.